The van der Waals surface area contributed by atoms with Crippen molar-refractivity contribution in [2.24, 2.45) is 0 Å². The Kier molecular flexibility index (Phi) is 5.98. The van der Waals surface area contributed by atoms with E-state index in [-0.39, 0.29) is 0 Å². The van der Waals surface area contributed by atoms with Crippen molar-refractivity contribution in [2.75, 3.05) is 5.33 Å². The first-order valence-corrected chi connectivity index (χ1v) is 6.74. The zero-order valence-corrected chi connectivity index (χ0v) is 12.2. The van der Waals surface area contributed by atoms with Gasteiger partial charge in [0, 0.05) is 24.7 Å². The van der Waals surface area contributed by atoms with Gasteiger partial charge >= 0.3 is 11.9 Å². The van der Waals surface area contributed by atoms with Gasteiger partial charge in [-0.2, -0.15) is 0 Å². The van der Waals surface area contributed by atoms with Crippen LogP contribution in [-0.4, -0.2) is 22.4 Å². The molecule has 0 radical (unpaired) electrons. The summed E-state index contributed by atoms with van der Waals surface area (Å²) in [5, 5.41) is 10.1. The van der Waals surface area contributed by atoms with E-state index in [9.17, 15) is 14.7 Å². The van der Waals surface area contributed by atoms with E-state index < -0.39 is 24.3 Å². The van der Waals surface area contributed by atoms with E-state index in [1.165, 1.54) is 13.8 Å². The minimum Gasteiger partial charge on any atom is -0.421 e. The van der Waals surface area contributed by atoms with Gasteiger partial charge in [-0.1, -0.05) is 40.2 Å². The number of ether oxygens (including phenoxy) is 2. The molecule has 104 valence electrons. The number of carbonyl (C=O) groups excluding carboxylic acids is 2. The zero-order valence-electron chi connectivity index (χ0n) is 10.6. The molecule has 0 aliphatic carbocycles. The van der Waals surface area contributed by atoms with Gasteiger partial charge in [-0.15, -0.1) is 0 Å². The number of hydrogen-bond donors (Lipinski definition) is 1. The second kappa shape index (κ2) is 7.25. The first-order valence-electron chi connectivity index (χ1n) is 5.62. The summed E-state index contributed by atoms with van der Waals surface area (Å²) < 4.78 is 9.84. The number of alkyl halides is 1. The highest BCUT2D eigenvalue weighted by Gasteiger charge is 2.18. The van der Waals surface area contributed by atoms with Crippen molar-refractivity contribution in [3.8, 4) is 0 Å². The molecule has 0 bridgehead atoms. The van der Waals surface area contributed by atoms with Gasteiger partial charge < -0.3 is 14.6 Å². The zero-order chi connectivity index (χ0) is 14.4. The van der Waals surface area contributed by atoms with Crippen LogP contribution in [-0.2, 0) is 19.1 Å². The van der Waals surface area contributed by atoms with Gasteiger partial charge in [0.05, 0.1) is 6.10 Å². The van der Waals surface area contributed by atoms with Crippen LogP contribution in [0.2, 0.25) is 0 Å². The fourth-order valence-corrected chi connectivity index (χ4v) is 1.80. The lowest BCUT2D eigenvalue weighted by molar-refractivity contribution is -0.186. The van der Waals surface area contributed by atoms with Gasteiger partial charge in [-0.3, -0.25) is 9.59 Å². The minimum atomic E-state index is -1.06. The molecule has 1 atom stereocenters. The molecular weight excluding hydrogens is 316 g/mol. The Balaban J connectivity index is 2.89. The summed E-state index contributed by atoms with van der Waals surface area (Å²) in [6.07, 6.45) is -1.68. The van der Waals surface area contributed by atoms with Crippen LogP contribution in [0.25, 0.3) is 0 Å². The third-order valence-corrected chi connectivity index (χ3v) is 2.90. The molecule has 0 aliphatic rings. The van der Waals surface area contributed by atoms with Crippen LogP contribution >= 0.6 is 15.9 Å². The molecule has 0 saturated heterocycles. The predicted octanol–water partition coefficient (Wildman–Crippen LogP) is 2.24. The van der Waals surface area contributed by atoms with Crippen LogP contribution in [0.4, 0.5) is 0 Å². The Morgan fingerprint density at radius 2 is 1.53 bits per heavy atom. The van der Waals surface area contributed by atoms with Crippen LogP contribution in [0.3, 0.4) is 0 Å². The number of carbonyl (C=O) groups is 2. The topological polar surface area (TPSA) is 72.8 Å². The summed E-state index contributed by atoms with van der Waals surface area (Å²) in [7, 11) is 0. The van der Waals surface area contributed by atoms with Gasteiger partial charge in [0.15, 0.2) is 0 Å². The summed E-state index contributed by atoms with van der Waals surface area (Å²) >= 11 is 3.18. The largest absolute Gasteiger partial charge is 0.421 e. The third-order valence-electron chi connectivity index (χ3n) is 2.29. The van der Waals surface area contributed by atoms with Crippen LogP contribution in [0, 0.1) is 0 Å². The molecule has 0 unspecified atom stereocenters. The molecule has 1 rings (SSSR count). The van der Waals surface area contributed by atoms with E-state index in [0.29, 0.717) is 16.5 Å². The molecule has 6 heteroatoms. The van der Waals surface area contributed by atoms with E-state index >= 15 is 0 Å². The smallest absolute Gasteiger partial charge is 0.305 e. The second-order valence-corrected chi connectivity index (χ2v) is 4.54. The number of halogens is 1. The summed E-state index contributed by atoms with van der Waals surface area (Å²) in [6.45, 7) is 2.47. The number of benzene rings is 1. The molecule has 0 spiro atoms. The first-order chi connectivity index (χ1) is 8.93. The maximum absolute atomic E-state index is 11.0. The maximum Gasteiger partial charge on any atom is 0.305 e. The van der Waals surface area contributed by atoms with Crippen molar-refractivity contribution >= 4 is 27.9 Å². The second-order valence-electron chi connectivity index (χ2n) is 3.89. The Morgan fingerprint density at radius 1 is 1.11 bits per heavy atom. The molecule has 0 heterocycles. The van der Waals surface area contributed by atoms with Crippen LogP contribution in [0.15, 0.2) is 24.3 Å². The van der Waals surface area contributed by atoms with E-state index in [4.69, 9.17) is 9.47 Å². The van der Waals surface area contributed by atoms with E-state index in [1.54, 1.807) is 24.3 Å². The summed E-state index contributed by atoms with van der Waals surface area (Å²) in [5.74, 6) is -1.09. The lowest BCUT2D eigenvalue weighted by atomic mass is 10.1. The lowest BCUT2D eigenvalue weighted by Crippen LogP contribution is -2.15. The van der Waals surface area contributed by atoms with Gasteiger partial charge in [0.25, 0.3) is 6.29 Å². The maximum atomic E-state index is 11.0. The molecule has 0 aliphatic heterocycles. The Hall–Kier alpha value is -1.40. The van der Waals surface area contributed by atoms with Crippen molar-refractivity contribution in [1.82, 2.24) is 0 Å². The number of aliphatic hydroxyl groups is 1. The quantitative estimate of drug-likeness (QED) is 0.509. The Bertz CT molecular complexity index is 427. The normalized spacial score (nSPS) is 12.1. The van der Waals surface area contributed by atoms with Crippen molar-refractivity contribution in [3.05, 3.63) is 35.4 Å². The number of esters is 2. The van der Waals surface area contributed by atoms with Gasteiger partial charge in [-0.25, -0.2) is 0 Å². The predicted molar refractivity (Wildman–Crippen MR) is 71.5 cm³/mol. The van der Waals surface area contributed by atoms with Crippen molar-refractivity contribution < 1.29 is 24.2 Å². The van der Waals surface area contributed by atoms with Crippen LogP contribution < -0.4 is 0 Å². The fraction of sp³-hybridized carbons (Fsp3) is 0.385. The van der Waals surface area contributed by atoms with Crippen molar-refractivity contribution in [3.63, 3.8) is 0 Å². The van der Waals surface area contributed by atoms with Crippen molar-refractivity contribution in [2.45, 2.75) is 26.2 Å². The molecule has 0 aromatic heterocycles. The summed E-state index contributed by atoms with van der Waals surface area (Å²) in [6, 6.07) is 6.64. The average molecular weight is 331 g/mol. The molecule has 1 aromatic rings. The fourth-order valence-electron chi connectivity index (χ4n) is 1.43. The van der Waals surface area contributed by atoms with Crippen LogP contribution in [0.5, 0.6) is 0 Å². The van der Waals surface area contributed by atoms with Crippen LogP contribution in [0.1, 0.15) is 37.4 Å². The SMILES string of the molecule is CC(=O)OC(OC(C)=O)c1ccc([C@@H](O)CBr)cc1. The third kappa shape index (κ3) is 5.00. The van der Waals surface area contributed by atoms with E-state index in [0.717, 1.165) is 0 Å². The summed E-state index contributed by atoms with van der Waals surface area (Å²) in [5.41, 5.74) is 1.24. The van der Waals surface area contributed by atoms with Crippen molar-refractivity contribution in [1.29, 1.82) is 0 Å². The highest BCUT2D eigenvalue weighted by atomic mass is 79.9. The van der Waals surface area contributed by atoms with E-state index in [2.05, 4.69) is 15.9 Å². The molecule has 19 heavy (non-hydrogen) atoms. The number of aliphatic hydroxyl groups excluding tert-OH is 1. The molecule has 1 N–H and O–H groups in total. The molecule has 5 nitrogen and oxygen atoms in total. The summed E-state index contributed by atoms with van der Waals surface area (Å²) in [4.78, 5) is 21.9. The molecule has 1 aromatic carbocycles. The highest BCUT2D eigenvalue weighted by Crippen LogP contribution is 2.22. The Morgan fingerprint density at radius 3 is 1.89 bits per heavy atom. The molecular formula is C13H15BrO5. The highest BCUT2D eigenvalue weighted by molar-refractivity contribution is 9.09. The lowest BCUT2D eigenvalue weighted by Gasteiger charge is -2.17. The van der Waals surface area contributed by atoms with Gasteiger partial charge in [-0.05, 0) is 5.56 Å². The molecule has 0 amide bonds. The van der Waals surface area contributed by atoms with Gasteiger partial charge in [0.1, 0.15) is 0 Å². The number of rotatable bonds is 5. The monoisotopic (exact) mass is 330 g/mol. The van der Waals surface area contributed by atoms with Gasteiger partial charge in [0.2, 0.25) is 0 Å². The molecule has 0 saturated carbocycles. The Labute approximate surface area is 119 Å². The standard InChI is InChI=1S/C13H15BrO5/c1-8(15)18-13(19-9(2)16)11-5-3-10(4-6-11)12(17)7-14/h3-6,12-13,17H,7H2,1-2H3/t12-/m0/s1. The first kappa shape index (κ1) is 15.7. The average Bonchev–Trinajstić information content (AvgIpc) is 2.36. The number of hydrogen-bond acceptors (Lipinski definition) is 5. The minimum absolute atomic E-state index is 0.420. The molecule has 0 fully saturated rings. The van der Waals surface area contributed by atoms with E-state index in [1.807, 2.05) is 0 Å².